The number of carbonyl (C=O) groups is 4. The number of fused-ring (bicyclic) bond motifs is 1. The molecule has 0 saturated heterocycles. The van der Waals surface area contributed by atoms with Crippen LogP contribution in [0.25, 0.3) is 0 Å². The van der Waals surface area contributed by atoms with Gasteiger partial charge in [-0.3, -0.25) is 24.1 Å². The third-order valence-corrected chi connectivity index (χ3v) is 5.18. The van der Waals surface area contributed by atoms with Gasteiger partial charge in [0.2, 0.25) is 0 Å². The number of ether oxygens (including phenoxy) is 1. The summed E-state index contributed by atoms with van der Waals surface area (Å²) in [6, 6.07) is 16.1. The average molecular weight is 422 g/mol. The van der Waals surface area contributed by atoms with E-state index in [1.54, 1.807) is 24.3 Å². The van der Waals surface area contributed by atoms with E-state index in [4.69, 9.17) is 4.74 Å². The molecule has 0 fully saturated rings. The maximum absolute atomic E-state index is 12.3. The van der Waals surface area contributed by atoms with E-state index in [2.05, 4.69) is 5.32 Å². The van der Waals surface area contributed by atoms with Gasteiger partial charge in [-0.1, -0.05) is 48.9 Å². The summed E-state index contributed by atoms with van der Waals surface area (Å²) >= 11 is 0. The number of hydrogen-bond donors (Lipinski definition) is 1. The Balaban J connectivity index is 1.29. The quantitative estimate of drug-likeness (QED) is 0.360. The number of hydrogen-bond acceptors (Lipinski definition) is 5. The first-order valence-electron chi connectivity index (χ1n) is 10.4. The van der Waals surface area contributed by atoms with Crippen molar-refractivity contribution in [3.63, 3.8) is 0 Å². The highest BCUT2D eigenvalue weighted by atomic mass is 16.5. The van der Waals surface area contributed by atoms with Gasteiger partial charge in [-0.25, -0.2) is 0 Å². The highest BCUT2D eigenvalue weighted by Gasteiger charge is 2.34. The largest absolute Gasteiger partial charge is 0.456 e. The second-order valence-electron chi connectivity index (χ2n) is 7.48. The second kappa shape index (κ2) is 10.5. The standard InChI is InChI=1S/C24H26N2O5/c1-17(18-10-4-2-5-11-18)25-21(27)16-31-22(28)14-6-3-9-15-26-23(29)19-12-7-8-13-20(19)24(26)30/h2,4-5,7-8,10-13,17H,3,6,9,14-16H2,1H3,(H,25,27)/t17-/m0/s1. The number of amides is 3. The maximum atomic E-state index is 12.3. The van der Waals surface area contributed by atoms with Crippen LogP contribution in [0.4, 0.5) is 0 Å². The van der Waals surface area contributed by atoms with Gasteiger partial charge in [0, 0.05) is 13.0 Å². The minimum atomic E-state index is -0.441. The van der Waals surface area contributed by atoms with Gasteiger partial charge in [-0.2, -0.15) is 0 Å². The first-order valence-corrected chi connectivity index (χ1v) is 10.4. The Labute approximate surface area is 181 Å². The Morgan fingerprint density at radius 2 is 1.52 bits per heavy atom. The van der Waals surface area contributed by atoms with Crippen molar-refractivity contribution in [2.75, 3.05) is 13.2 Å². The summed E-state index contributed by atoms with van der Waals surface area (Å²) in [5.41, 5.74) is 1.85. The Morgan fingerprint density at radius 1 is 0.903 bits per heavy atom. The number of rotatable bonds is 10. The average Bonchev–Trinajstić information content (AvgIpc) is 3.03. The Bertz CT molecular complexity index is 922. The lowest BCUT2D eigenvalue weighted by Crippen LogP contribution is -2.31. The van der Waals surface area contributed by atoms with Crippen LogP contribution in [0.5, 0.6) is 0 Å². The molecule has 0 aliphatic carbocycles. The molecule has 0 spiro atoms. The molecule has 2 aromatic carbocycles. The second-order valence-corrected chi connectivity index (χ2v) is 7.48. The number of imide groups is 1. The van der Waals surface area contributed by atoms with Gasteiger partial charge in [0.25, 0.3) is 17.7 Å². The van der Waals surface area contributed by atoms with Crippen LogP contribution in [0, 0.1) is 0 Å². The van der Waals surface area contributed by atoms with Crippen molar-refractivity contribution in [3.05, 3.63) is 71.3 Å². The fourth-order valence-corrected chi connectivity index (χ4v) is 3.48. The van der Waals surface area contributed by atoms with E-state index in [1.165, 1.54) is 4.90 Å². The molecule has 1 aliphatic rings. The van der Waals surface area contributed by atoms with Crippen molar-refractivity contribution >= 4 is 23.7 Å². The zero-order chi connectivity index (χ0) is 22.2. The van der Waals surface area contributed by atoms with Gasteiger partial charge in [0.1, 0.15) is 0 Å². The minimum Gasteiger partial charge on any atom is -0.456 e. The van der Waals surface area contributed by atoms with Crippen molar-refractivity contribution in [2.24, 2.45) is 0 Å². The molecule has 0 saturated carbocycles. The monoisotopic (exact) mass is 422 g/mol. The van der Waals surface area contributed by atoms with E-state index in [1.807, 2.05) is 37.3 Å². The van der Waals surface area contributed by atoms with E-state index in [0.717, 1.165) is 5.56 Å². The summed E-state index contributed by atoms with van der Waals surface area (Å²) in [7, 11) is 0. The first kappa shape index (κ1) is 22.2. The van der Waals surface area contributed by atoms with Crippen LogP contribution in [-0.4, -0.2) is 41.7 Å². The van der Waals surface area contributed by atoms with Crippen molar-refractivity contribution in [2.45, 2.75) is 38.6 Å². The number of carbonyl (C=O) groups excluding carboxylic acids is 4. The number of benzene rings is 2. The normalized spacial score (nSPS) is 13.6. The van der Waals surface area contributed by atoms with Crippen LogP contribution in [0.15, 0.2) is 54.6 Å². The maximum Gasteiger partial charge on any atom is 0.306 e. The third-order valence-electron chi connectivity index (χ3n) is 5.18. The summed E-state index contributed by atoms with van der Waals surface area (Å²) < 4.78 is 5.03. The van der Waals surface area contributed by atoms with Crippen molar-refractivity contribution < 1.29 is 23.9 Å². The first-order chi connectivity index (χ1) is 15.0. The molecule has 0 bridgehead atoms. The minimum absolute atomic E-state index is 0.172. The van der Waals surface area contributed by atoms with Crippen LogP contribution in [-0.2, 0) is 14.3 Å². The van der Waals surface area contributed by atoms with E-state index in [0.29, 0.717) is 36.9 Å². The molecular formula is C24H26N2O5. The zero-order valence-corrected chi connectivity index (χ0v) is 17.5. The molecule has 2 aromatic rings. The Kier molecular flexibility index (Phi) is 7.54. The van der Waals surface area contributed by atoms with Crippen LogP contribution >= 0.6 is 0 Å². The van der Waals surface area contributed by atoms with Crippen LogP contribution in [0.1, 0.15) is 64.9 Å². The van der Waals surface area contributed by atoms with Crippen LogP contribution in [0.3, 0.4) is 0 Å². The van der Waals surface area contributed by atoms with Gasteiger partial charge in [-0.05, 0) is 37.5 Å². The molecule has 1 aliphatic heterocycles. The fourth-order valence-electron chi connectivity index (χ4n) is 3.48. The summed E-state index contributed by atoms with van der Waals surface area (Å²) in [6.45, 7) is 1.87. The van der Waals surface area contributed by atoms with Crippen LogP contribution in [0.2, 0.25) is 0 Å². The molecule has 7 nitrogen and oxygen atoms in total. The van der Waals surface area contributed by atoms with Crippen molar-refractivity contribution in [3.8, 4) is 0 Å². The predicted octanol–water partition coefficient (Wildman–Crippen LogP) is 3.26. The molecule has 1 atom stereocenters. The van der Waals surface area contributed by atoms with Crippen LogP contribution < -0.4 is 5.32 Å². The number of nitrogens with zero attached hydrogens (tertiary/aromatic N) is 1. The molecule has 31 heavy (non-hydrogen) atoms. The topological polar surface area (TPSA) is 92.8 Å². The van der Waals surface area contributed by atoms with Gasteiger partial charge in [0.05, 0.1) is 17.2 Å². The summed E-state index contributed by atoms with van der Waals surface area (Å²) in [6.07, 6.45) is 2.02. The SMILES string of the molecule is C[C@H](NC(=O)COC(=O)CCCCCN1C(=O)c2ccccc2C1=O)c1ccccc1. The Morgan fingerprint density at radius 3 is 2.16 bits per heavy atom. The highest BCUT2D eigenvalue weighted by molar-refractivity contribution is 6.21. The van der Waals surface area contributed by atoms with Gasteiger partial charge >= 0.3 is 5.97 Å². The van der Waals surface area contributed by atoms with Crippen molar-refractivity contribution in [1.29, 1.82) is 0 Å². The number of esters is 1. The summed E-state index contributed by atoms with van der Waals surface area (Å²) in [4.78, 5) is 49.6. The highest BCUT2D eigenvalue weighted by Crippen LogP contribution is 2.22. The summed E-state index contributed by atoms with van der Waals surface area (Å²) in [5.74, 6) is -1.33. The smallest absolute Gasteiger partial charge is 0.306 e. The lowest BCUT2D eigenvalue weighted by Gasteiger charge is -2.14. The molecular weight excluding hydrogens is 396 g/mol. The van der Waals surface area contributed by atoms with E-state index >= 15 is 0 Å². The van der Waals surface area contributed by atoms with E-state index in [-0.39, 0.29) is 36.8 Å². The van der Waals surface area contributed by atoms with Crippen molar-refractivity contribution in [1.82, 2.24) is 10.2 Å². The third kappa shape index (κ3) is 5.78. The fraction of sp³-hybridized carbons (Fsp3) is 0.333. The number of nitrogens with one attached hydrogen (secondary N) is 1. The van der Waals surface area contributed by atoms with E-state index in [9.17, 15) is 19.2 Å². The molecule has 0 radical (unpaired) electrons. The molecule has 1 N–H and O–H groups in total. The molecule has 162 valence electrons. The number of unbranched alkanes of at least 4 members (excludes halogenated alkanes) is 2. The lowest BCUT2D eigenvalue weighted by molar-refractivity contribution is -0.148. The Hall–Kier alpha value is -3.48. The molecule has 0 unspecified atom stereocenters. The molecule has 0 aromatic heterocycles. The lowest BCUT2D eigenvalue weighted by atomic mass is 10.1. The van der Waals surface area contributed by atoms with Gasteiger partial charge in [-0.15, -0.1) is 0 Å². The van der Waals surface area contributed by atoms with Gasteiger partial charge in [0.15, 0.2) is 6.61 Å². The zero-order valence-electron chi connectivity index (χ0n) is 17.5. The molecule has 7 heteroatoms. The predicted molar refractivity (Wildman–Crippen MR) is 114 cm³/mol. The molecule has 3 rings (SSSR count). The summed E-state index contributed by atoms with van der Waals surface area (Å²) in [5, 5.41) is 2.79. The van der Waals surface area contributed by atoms with E-state index < -0.39 is 5.97 Å². The molecule has 3 amide bonds. The van der Waals surface area contributed by atoms with Gasteiger partial charge < -0.3 is 10.1 Å². The molecule has 1 heterocycles.